The van der Waals surface area contributed by atoms with E-state index in [1.54, 1.807) is 6.07 Å². The van der Waals surface area contributed by atoms with Crippen molar-refractivity contribution < 1.29 is 9.90 Å². The quantitative estimate of drug-likeness (QED) is 0.731. The van der Waals surface area contributed by atoms with Gasteiger partial charge in [-0.15, -0.1) is 0 Å². The van der Waals surface area contributed by atoms with Gasteiger partial charge in [0.1, 0.15) is 0 Å². The van der Waals surface area contributed by atoms with Crippen LogP contribution in [0.1, 0.15) is 5.56 Å². The van der Waals surface area contributed by atoms with Gasteiger partial charge in [0.05, 0.1) is 6.42 Å². The summed E-state index contributed by atoms with van der Waals surface area (Å²) < 4.78 is 0. The molecule has 0 aromatic heterocycles. The second-order valence-corrected chi connectivity index (χ2v) is 3.48. The van der Waals surface area contributed by atoms with Crippen molar-refractivity contribution in [2.75, 3.05) is 5.73 Å². The van der Waals surface area contributed by atoms with Gasteiger partial charge in [-0.3, -0.25) is 4.79 Å². The van der Waals surface area contributed by atoms with Crippen molar-refractivity contribution in [3.05, 3.63) is 42.0 Å². The van der Waals surface area contributed by atoms with Crippen LogP contribution in [0, 0.1) is 0 Å². The van der Waals surface area contributed by atoms with Crippen LogP contribution >= 0.6 is 0 Å². The van der Waals surface area contributed by atoms with E-state index < -0.39 is 5.97 Å². The molecule has 0 aliphatic rings. The summed E-state index contributed by atoms with van der Waals surface area (Å²) >= 11 is 0. The van der Waals surface area contributed by atoms with Crippen molar-refractivity contribution in [3.63, 3.8) is 0 Å². The highest BCUT2D eigenvalue weighted by atomic mass is 16.4. The lowest BCUT2D eigenvalue weighted by molar-refractivity contribution is -0.136. The summed E-state index contributed by atoms with van der Waals surface area (Å²) in [5.74, 6) is -0.843. The number of rotatable bonds is 2. The smallest absolute Gasteiger partial charge is 0.307 e. The molecule has 0 radical (unpaired) electrons. The Morgan fingerprint density at radius 1 is 1.27 bits per heavy atom. The van der Waals surface area contributed by atoms with Crippen LogP contribution in [0.4, 0.5) is 5.69 Å². The molecule has 3 heteroatoms. The number of carbonyl (C=O) groups is 1. The van der Waals surface area contributed by atoms with Gasteiger partial charge in [0.25, 0.3) is 0 Å². The van der Waals surface area contributed by atoms with Gasteiger partial charge in [0, 0.05) is 11.1 Å². The average molecular weight is 201 g/mol. The molecular weight excluding hydrogens is 190 g/mol. The third-order valence-corrected chi connectivity index (χ3v) is 2.31. The lowest BCUT2D eigenvalue weighted by Crippen LogP contribution is -2.01. The third-order valence-electron chi connectivity index (χ3n) is 2.31. The predicted octanol–water partition coefficient (Wildman–Crippen LogP) is 2.05. The van der Waals surface area contributed by atoms with Gasteiger partial charge in [-0.05, 0) is 17.0 Å². The molecule has 0 atom stereocenters. The summed E-state index contributed by atoms with van der Waals surface area (Å²) in [6.07, 6.45) is 0.00896. The molecule has 76 valence electrons. The summed E-state index contributed by atoms with van der Waals surface area (Å²) in [7, 11) is 0. The predicted molar refractivity (Wildman–Crippen MR) is 59.7 cm³/mol. The normalized spacial score (nSPS) is 10.4. The van der Waals surface area contributed by atoms with E-state index >= 15 is 0 Å². The maximum atomic E-state index is 10.6. The Balaban J connectivity index is 2.57. The van der Waals surface area contributed by atoms with Crippen LogP contribution in [0.15, 0.2) is 36.4 Å². The van der Waals surface area contributed by atoms with E-state index in [2.05, 4.69) is 0 Å². The van der Waals surface area contributed by atoms with Crippen molar-refractivity contribution in [2.24, 2.45) is 0 Å². The number of carboxylic acid groups (broad SMARTS) is 1. The molecule has 2 aromatic carbocycles. The largest absolute Gasteiger partial charge is 0.481 e. The average Bonchev–Trinajstić information content (AvgIpc) is 2.16. The van der Waals surface area contributed by atoms with Crippen LogP contribution in [0.3, 0.4) is 0 Å². The summed E-state index contributed by atoms with van der Waals surface area (Å²) in [6, 6.07) is 11.3. The number of hydrogen-bond acceptors (Lipinski definition) is 2. The van der Waals surface area contributed by atoms with E-state index in [0.29, 0.717) is 5.69 Å². The fourth-order valence-corrected chi connectivity index (χ4v) is 1.68. The third kappa shape index (κ3) is 1.91. The fourth-order valence-electron chi connectivity index (χ4n) is 1.68. The van der Waals surface area contributed by atoms with E-state index in [1.165, 1.54) is 0 Å². The number of nitrogens with two attached hydrogens (primary N) is 1. The Labute approximate surface area is 87.1 Å². The van der Waals surface area contributed by atoms with Gasteiger partial charge in [0.2, 0.25) is 0 Å². The van der Waals surface area contributed by atoms with E-state index in [4.69, 9.17) is 10.8 Å². The first kappa shape index (κ1) is 9.52. The Bertz CT molecular complexity index is 520. The number of hydrogen-bond donors (Lipinski definition) is 2. The molecule has 0 saturated heterocycles. The molecule has 0 amide bonds. The van der Waals surface area contributed by atoms with E-state index in [9.17, 15) is 4.79 Å². The summed E-state index contributed by atoms with van der Waals surface area (Å²) in [5, 5.41) is 10.6. The highest BCUT2D eigenvalue weighted by Crippen LogP contribution is 2.23. The minimum atomic E-state index is -0.843. The fraction of sp³-hybridized carbons (Fsp3) is 0.0833. The molecule has 2 aromatic rings. The second-order valence-electron chi connectivity index (χ2n) is 3.48. The van der Waals surface area contributed by atoms with Crippen molar-refractivity contribution in [3.8, 4) is 0 Å². The molecule has 3 N–H and O–H groups in total. The SMILES string of the molecule is Nc1cc(CC(=O)O)cc2ccccc12. The van der Waals surface area contributed by atoms with Crippen molar-refractivity contribution in [1.82, 2.24) is 0 Å². The minimum Gasteiger partial charge on any atom is -0.481 e. The van der Waals surface area contributed by atoms with Crippen molar-refractivity contribution >= 4 is 22.4 Å². The van der Waals surface area contributed by atoms with Crippen LogP contribution in [0.25, 0.3) is 10.8 Å². The summed E-state index contributed by atoms with van der Waals surface area (Å²) in [5.41, 5.74) is 7.20. The second kappa shape index (κ2) is 3.61. The first-order valence-electron chi connectivity index (χ1n) is 4.66. The number of anilines is 1. The summed E-state index contributed by atoms with van der Waals surface area (Å²) in [6.45, 7) is 0. The molecular formula is C12H11NO2. The highest BCUT2D eigenvalue weighted by molar-refractivity contribution is 5.94. The molecule has 3 nitrogen and oxygen atoms in total. The Kier molecular flexibility index (Phi) is 2.29. The number of aliphatic carboxylic acids is 1. The topological polar surface area (TPSA) is 63.3 Å². The van der Waals surface area contributed by atoms with Crippen molar-refractivity contribution in [2.45, 2.75) is 6.42 Å². The maximum Gasteiger partial charge on any atom is 0.307 e. The molecule has 0 bridgehead atoms. The van der Waals surface area contributed by atoms with Crippen LogP contribution in [0.5, 0.6) is 0 Å². The molecule has 0 spiro atoms. The molecule has 15 heavy (non-hydrogen) atoms. The molecule has 0 heterocycles. The van der Waals surface area contributed by atoms with Crippen LogP contribution in [-0.2, 0) is 11.2 Å². The van der Waals surface area contributed by atoms with Gasteiger partial charge >= 0.3 is 5.97 Å². The lowest BCUT2D eigenvalue weighted by Gasteiger charge is -2.04. The Morgan fingerprint density at radius 3 is 2.73 bits per heavy atom. The highest BCUT2D eigenvalue weighted by Gasteiger charge is 2.04. The van der Waals surface area contributed by atoms with E-state index in [1.807, 2.05) is 30.3 Å². The molecule has 0 fully saturated rings. The standard InChI is InChI=1S/C12H11NO2/c13-11-6-8(7-12(14)15)5-9-3-1-2-4-10(9)11/h1-6H,7,13H2,(H,14,15). The van der Waals surface area contributed by atoms with Crippen LogP contribution in [0.2, 0.25) is 0 Å². The molecule has 0 aliphatic heterocycles. The number of benzene rings is 2. The number of nitrogen functional groups attached to an aromatic ring is 1. The molecule has 2 rings (SSSR count). The van der Waals surface area contributed by atoms with E-state index in [0.717, 1.165) is 16.3 Å². The zero-order valence-corrected chi connectivity index (χ0v) is 8.10. The van der Waals surface area contributed by atoms with Crippen LogP contribution < -0.4 is 5.73 Å². The molecule has 0 aliphatic carbocycles. The van der Waals surface area contributed by atoms with Gasteiger partial charge in [-0.2, -0.15) is 0 Å². The number of carboxylic acids is 1. The Hall–Kier alpha value is -2.03. The van der Waals surface area contributed by atoms with Gasteiger partial charge < -0.3 is 10.8 Å². The van der Waals surface area contributed by atoms with Gasteiger partial charge in [0.15, 0.2) is 0 Å². The first-order chi connectivity index (χ1) is 7.16. The van der Waals surface area contributed by atoms with Crippen LogP contribution in [-0.4, -0.2) is 11.1 Å². The summed E-state index contributed by atoms with van der Waals surface area (Å²) in [4.78, 5) is 10.6. The first-order valence-corrected chi connectivity index (χ1v) is 4.66. The Morgan fingerprint density at radius 2 is 2.00 bits per heavy atom. The van der Waals surface area contributed by atoms with Gasteiger partial charge in [-0.25, -0.2) is 0 Å². The molecule has 0 saturated carbocycles. The van der Waals surface area contributed by atoms with Crippen molar-refractivity contribution in [1.29, 1.82) is 0 Å². The van der Waals surface area contributed by atoms with Gasteiger partial charge in [-0.1, -0.05) is 30.3 Å². The zero-order chi connectivity index (χ0) is 10.8. The number of fused-ring (bicyclic) bond motifs is 1. The monoisotopic (exact) mass is 201 g/mol. The lowest BCUT2D eigenvalue weighted by atomic mass is 10.0. The van der Waals surface area contributed by atoms with E-state index in [-0.39, 0.29) is 6.42 Å². The zero-order valence-electron chi connectivity index (χ0n) is 8.10. The minimum absolute atomic E-state index is 0.00896. The molecule has 0 unspecified atom stereocenters. The maximum absolute atomic E-state index is 10.6.